The average Bonchev–Trinajstić information content (AvgIpc) is 2.33. The standard InChI is InChI=1S/C10H15N5O2/c1-14-3-2-13-9(10(14)16)15-4-5-17-7(6-15)8(11)12/h2-3,7H,4-6H2,1H3,(H3,11,12). The number of aromatic nitrogens is 2. The van der Waals surface area contributed by atoms with Gasteiger partial charge in [0, 0.05) is 26.0 Å². The van der Waals surface area contributed by atoms with Gasteiger partial charge in [-0.15, -0.1) is 0 Å². The van der Waals surface area contributed by atoms with Crippen LogP contribution < -0.4 is 16.2 Å². The van der Waals surface area contributed by atoms with Gasteiger partial charge in [-0.2, -0.15) is 0 Å². The molecule has 0 saturated carbocycles. The molecule has 1 aromatic rings. The molecule has 1 unspecified atom stereocenters. The van der Waals surface area contributed by atoms with Gasteiger partial charge in [-0.1, -0.05) is 0 Å². The molecule has 0 amide bonds. The van der Waals surface area contributed by atoms with E-state index in [9.17, 15) is 4.79 Å². The van der Waals surface area contributed by atoms with Crippen LogP contribution in [0.5, 0.6) is 0 Å². The molecular formula is C10H15N5O2. The Hall–Kier alpha value is -1.89. The lowest BCUT2D eigenvalue weighted by Crippen LogP contribution is -2.50. The number of hydrogen-bond donors (Lipinski definition) is 2. The molecule has 17 heavy (non-hydrogen) atoms. The van der Waals surface area contributed by atoms with Gasteiger partial charge in [-0.25, -0.2) is 4.98 Å². The number of aryl methyl sites for hydroxylation is 1. The quantitative estimate of drug-likeness (QED) is 0.504. The molecule has 2 heterocycles. The topological polar surface area (TPSA) is 97.2 Å². The van der Waals surface area contributed by atoms with Crippen molar-refractivity contribution in [2.45, 2.75) is 6.10 Å². The third kappa shape index (κ3) is 2.28. The first-order valence-corrected chi connectivity index (χ1v) is 5.31. The van der Waals surface area contributed by atoms with Crippen molar-refractivity contribution in [3.8, 4) is 0 Å². The second kappa shape index (κ2) is 4.54. The van der Waals surface area contributed by atoms with Gasteiger partial charge >= 0.3 is 0 Å². The fraction of sp³-hybridized carbons (Fsp3) is 0.500. The van der Waals surface area contributed by atoms with Crippen LogP contribution >= 0.6 is 0 Å². The van der Waals surface area contributed by atoms with E-state index in [0.717, 1.165) is 0 Å². The maximum absolute atomic E-state index is 11.9. The highest BCUT2D eigenvalue weighted by Crippen LogP contribution is 2.10. The normalized spacial score (nSPS) is 20.3. The van der Waals surface area contributed by atoms with E-state index in [0.29, 0.717) is 25.5 Å². The number of rotatable bonds is 2. The maximum atomic E-state index is 11.9. The number of hydrogen-bond acceptors (Lipinski definition) is 5. The Morgan fingerprint density at radius 1 is 1.71 bits per heavy atom. The van der Waals surface area contributed by atoms with Crippen LogP contribution in [0.25, 0.3) is 0 Å². The molecule has 0 aliphatic carbocycles. The van der Waals surface area contributed by atoms with Crippen LogP contribution in [0, 0.1) is 5.41 Å². The van der Waals surface area contributed by atoms with Gasteiger partial charge in [-0.05, 0) is 0 Å². The number of amidine groups is 1. The third-order valence-corrected chi connectivity index (χ3v) is 2.71. The minimum Gasteiger partial charge on any atom is -0.385 e. The smallest absolute Gasteiger partial charge is 0.293 e. The fourth-order valence-electron chi connectivity index (χ4n) is 1.73. The van der Waals surface area contributed by atoms with E-state index in [1.165, 1.54) is 4.57 Å². The Morgan fingerprint density at radius 2 is 2.47 bits per heavy atom. The maximum Gasteiger partial charge on any atom is 0.293 e. The zero-order valence-electron chi connectivity index (χ0n) is 9.59. The molecular weight excluding hydrogens is 222 g/mol. The molecule has 3 N–H and O–H groups in total. The molecule has 0 radical (unpaired) electrons. The Balaban J connectivity index is 2.25. The van der Waals surface area contributed by atoms with Crippen molar-refractivity contribution in [1.29, 1.82) is 5.41 Å². The zero-order valence-corrected chi connectivity index (χ0v) is 9.59. The van der Waals surface area contributed by atoms with Crippen LogP contribution in [0.4, 0.5) is 5.82 Å². The first-order valence-electron chi connectivity index (χ1n) is 5.31. The molecule has 1 fully saturated rings. The Bertz CT molecular complexity index is 484. The van der Waals surface area contributed by atoms with Gasteiger partial charge in [0.15, 0.2) is 5.82 Å². The van der Waals surface area contributed by atoms with Crippen LogP contribution in [0.3, 0.4) is 0 Å². The van der Waals surface area contributed by atoms with E-state index in [2.05, 4.69) is 4.98 Å². The highest BCUT2D eigenvalue weighted by atomic mass is 16.5. The average molecular weight is 237 g/mol. The highest BCUT2D eigenvalue weighted by Gasteiger charge is 2.25. The number of anilines is 1. The predicted octanol–water partition coefficient (Wildman–Crippen LogP) is -1.08. The van der Waals surface area contributed by atoms with Crippen molar-refractivity contribution in [1.82, 2.24) is 9.55 Å². The zero-order chi connectivity index (χ0) is 12.4. The number of nitrogens with one attached hydrogen (secondary N) is 1. The Kier molecular flexibility index (Phi) is 3.10. The van der Waals surface area contributed by atoms with Gasteiger partial charge in [0.05, 0.1) is 13.2 Å². The molecule has 1 saturated heterocycles. The van der Waals surface area contributed by atoms with Crippen LogP contribution in [-0.4, -0.2) is 41.2 Å². The lowest BCUT2D eigenvalue weighted by Gasteiger charge is -2.32. The predicted molar refractivity (Wildman–Crippen MR) is 63.3 cm³/mol. The van der Waals surface area contributed by atoms with E-state index < -0.39 is 6.10 Å². The largest absolute Gasteiger partial charge is 0.385 e. The minimum atomic E-state index is -0.463. The molecule has 1 aliphatic heterocycles. The Morgan fingerprint density at radius 3 is 3.18 bits per heavy atom. The van der Waals surface area contributed by atoms with Gasteiger partial charge in [-0.3, -0.25) is 10.2 Å². The van der Waals surface area contributed by atoms with E-state index in [4.69, 9.17) is 15.9 Å². The van der Waals surface area contributed by atoms with Crippen molar-refractivity contribution in [3.63, 3.8) is 0 Å². The van der Waals surface area contributed by atoms with Crippen molar-refractivity contribution in [2.75, 3.05) is 24.6 Å². The molecule has 2 rings (SSSR count). The molecule has 0 aromatic carbocycles. The first kappa shape index (κ1) is 11.6. The summed E-state index contributed by atoms with van der Waals surface area (Å²) in [6, 6.07) is 0. The number of nitrogens with zero attached hydrogens (tertiary/aromatic N) is 3. The molecule has 92 valence electrons. The summed E-state index contributed by atoms with van der Waals surface area (Å²) in [5, 5.41) is 7.36. The van der Waals surface area contributed by atoms with Crippen molar-refractivity contribution < 1.29 is 4.74 Å². The summed E-state index contributed by atoms with van der Waals surface area (Å²) in [6.45, 7) is 1.40. The fourth-order valence-corrected chi connectivity index (χ4v) is 1.73. The van der Waals surface area contributed by atoms with Crippen LogP contribution in [0.1, 0.15) is 0 Å². The second-order valence-corrected chi connectivity index (χ2v) is 3.93. The van der Waals surface area contributed by atoms with Crippen LogP contribution in [-0.2, 0) is 11.8 Å². The van der Waals surface area contributed by atoms with Gasteiger partial charge in [0.2, 0.25) is 0 Å². The second-order valence-electron chi connectivity index (χ2n) is 3.93. The first-order chi connectivity index (χ1) is 8.09. The number of nitrogens with two attached hydrogens (primary N) is 1. The molecule has 1 atom stereocenters. The summed E-state index contributed by atoms with van der Waals surface area (Å²) in [5.74, 6) is 0.354. The van der Waals surface area contributed by atoms with E-state index in [-0.39, 0.29) is 11.4 Å². The van der Waals surface area contributed by atoms with Gasteiger partial charge in [0.1, 0.15) is 11.9 Å². The van der Waals surface area contributed by atoms with Crippen molar-refractivity contribution >= 4 is 11.7 Å². The van der Waals surface area contributed by atoms with Crippen LogP contribution in [0.15, 0.2) is 17.2 Å². The van der Waals surface area contributed by atoms with Gasteiger partial charge in [0.25, 0.3) is 5.56 Å². The lowest BCUT2D eigenvalue weighted by molar-refractivity contribution is 0.0822. The van der Waals surface area contributed by atoms with E-state index in [1.54, 1.807) is 24.3 Å². The minimum absolute atomic E-state index is 0.0255. The van der Waals surface area contributed by atoms with Crippen molar-refractivity contribution in [2.24, 2.45) is 12.8 Å². The van der Waals surface area contributed by atoms with Crippen molar-refractivity contribution in [3.05, 3.63) is 22.7 Å². The van der Waals surface area contributed by atoms with Gasteiger partial charge < -0.3 is 19.9 Å². The summed E-state index contributed by atoms with van der Waals surface area (Å²) >= 11 is 0. The summed E-state index contributed by atoms with van der Waals surface area (Å²) in [4.78, 5) is 17.8. The molecule has 1 aromatic heterocycles. The third-order valence-electron chi connectivity index (χ3n) is 2.71. The van der Waals surface area contributed by atoms with Crippen LogP contribution in [0.2, 0.25) is 0 Å². The SMILES string of the molecule is Cn1ccnc(N2CCOC(C(=N)N)C2)c1=O. The van der Waals surface area contributed by atoms with E-state index >= 15 is 0 Å². The van der Waals surface area contributed by atoms with E-state index in [1.807, 2.05) is 0 Å². The molecule has 0 bridgehead atoms. The molecule has 7 heteroatoms. The monoisotopic (exact) mass is 237 g/mol. The summed E-state index contributed by atoms with van der Waals surface area (Å²) in [6.07, 6.45) is 2.72. The Labute approximate surface area is 98.3 Å². The molecule has 7 nitrogen and oxygen atoms in total. The lowest BCUT2D eigenvalue weighted by atomic mass is 10.2. The summed E-state index contributed by atoms with van der Waals surface area (Å²) < 4.78 is 6.81. The number of morpholine rings is 1. The highest BCUT2D eigenvalue weighted by molar-refractivity contribution is 5.82. The summed E-state index contributed by atoms with van der Waals surface area (Å²) in [5.41, 5.74) is 5.25. The number of ether oxygens (including phenoxy) is 1. The molecule has 1 aliphatic rings. The summed E-state index contributed by atoms with van der Waals surface area (Å²) in [7, 11) is 1.68. The molecule has 0 spiro atoms.